The fraction of sp³-hybridized carbons (Fsp3) is 0.474. The van der Waals surface area contributed by atoms with Gasteiger partial charge in [-0.2, -0.15) is 0 Å². The first-order valence-electron chi connectivity index (χ1n) is 8.47. The van der Waals surface area contributed by atoms with Crippen LogP contribution in [0.3, 0.4) is 0 Å². The largest absolute Gasteiger partial charge is 0.462 e. The molecule has 0 spiro atoms. The Labute approximate surface area is 164 Å². The molecule has 0 aliphatic rings. The van der Waals surface area contributed by atoms with Gasteiger partial charge in [-0.25, -0.2) is 9.59 Å². The van der Waals surface area contributed by atoms with E-state index in [2.05, 4.69) is 6.92 Å². The molecule has 1 atom stereocenters. The van der Waals surface area contributed by atoms with Crippen LogP contribution in [0.2, 0.25) is 10.0 Å². The van der Waals surface area contributed by atoms with Crippen molar-refractivity contribution < 1.29 is 23.8 Å². The van der Waals surface area contributed by atoms with Gasteiger partial charge in [0.25, 0.3) is 0 Å². The zero-order valence-electron chi connectivity index (χ0n) is 15.0. The molecule has 0 aliphatic carbocycles. The highest BCUT2D eigenvalue weighted by molar-refractivity contribution is 6.43. The summed E-state index contributed by atoms with van der Waals surface area (Å²) in [5, 5.41) is 0.407. The minimum Gasteiger partial charge on any atom is -0.462 e. The van der Waals surface area contributed by atoms with Crippen molar-refractivity contribution in [1.29, 1.82) is 0 Å². The first-order chi connectivity index (χ1) is 12.5. The molecule has 1 rings (SSSR count). The van der Waals surface area contributed by atoms with Crippen molar-refractivity contribution >= 4 is 35.1 Å². The van der Waals surface area contributed by atoms with Crippen LogP contribution in [-0.4, -0.2) is 32.3 Å². The summed E-state index contributed by atoms with van der Waals surface area (Å²) < 4.78 is 15.3. The van der Waals surface area contributed by atoms with E-state index in [-0.39, 0.29) is 21.7 Å². The smallest absolute Gasteiger partial charge is 0.336 e. The van der Waals surface area contributed by atoms with Crippen LogP contribution < -0.4 is 4.74 Å². The maximum absolute atomic E-state index is 11.8. The molecule has 1 aromatic carbocycles. The monoisotopic (exact) mass is 402 g/mol. The van der Waals surface area contributed by atoms with Gasteiger partial charge < -0.3 is 14.2 Å². The maximum Gasteiger partial charge on any atom is 0.336 e. The number of carbonyl (C=O) groups is 2. The summed E-state index contributed by atoms with van der Waals surface area (Å²) in [6.45, 7) is 3.02. The number of carbonyl (C=O) groups excluding carboxylic acids is 2. The van der Waals surface area contributed by atoms with E-state index in [1.54, 1.807) is 19.2 Å². The van der Waals surface area contributed by atoms with Gasteiger partial charge in [-0.3, -0.25) is 0 Å². The third kappa shape index (κ3) is 8.70. The molecule has 7 heteroatoms. The number of halogens is 2. The molecule has 0 bridgehead atoms. The maximum atomic E-state index is 11.8. The highest BCUT2D eigenvalue weighted by Crippen LogP contribution is 2.31. The van der Waals surface area contributed by atoms with E-state index in [1.807, 2.05) is 0 Å². The number of benzene rings is 1. The fourth-order valence-corrected chi connectivity index (χ4v) is 2.51. The normalized spacial score (nSPS) is 12.2. The molecular weight excluding hydrogens is 379 g/mol. The standard InChI is InChI=1S/C19H24Cl2O5/c1-3-4-6-14(11-12-24-2)13-25-17(22)9-10-18(23)26-16-8-5-7-15(20)19(16)21/h5,7-10,14H,3-4,6,11-13H2,1-2H3/b10-9+. The second-order valence-electron chi connectivity index (χ2n) is 5.73. The van der Waals surface area contributed by atoms with Crippen molar-refractivity contribution in [3.05, 3.63) is 40.4 Å². The van der Waals surface area contributed by atoms with Crippen LogP contribution in [0.25, 0.3) is 0 Å². The number of hydrogen-bond acceptors (Lipinski definition) is 5. The molecule has 1 aromatic rings. The fourth-order valence-electron chi connectivity index (χ4n) is 2.18. The summed E-state index contributed by atoms with van der Waals surface area (Å²) in [7, 11) is 1.64. The molecule has 0 aliphatic heterocycles. The van der Waals surface area contributed by atoms with Gasteiger partial charge in [0.05, 0.1) is 11.6 Å². The van der Waals surface area contributed by atoms with Crippen molar-refractivity contribution in [3.8, 4) is 5.75 Å². The Hall–Kier alpha value is -1.56. The Morgan fingerprint density at radius 1 is 1.15 bits per heavy atom. The van der Waals surface area contributed by atoms with Crippen molar-refractivity contribution in [3.63, 3.8) is 0 Å². The Morgan fingerprint density at radius 3 is 2.58 bits per heavy atom. The summed E-state index contributed by atoms with van der Waals surface area (Å²) in [4.78, 5) is 23.5. The molecule has 0 amide bonds. The molecule has 144 valence electrons. The quantitative estimate of drug-likeness (QED) is 0.301. The first-order valence-corrected chi connectivity index (χ1v) is 9.23. The van der Waals surface area contributed by atoms with Gasteiger partial charge in [-0.1, -0.05) is 49.0 Å². The Balaban J connectivity index is 2.47. The third-order valence-electron chi connectivity index (χ3n) is 3.64. The number of hydrogen-bond donors (Lipinski definition) is 0. The van der Waals surface area contributed by atoms with Crippen molar-refractivity contribution in [2.75, 3.05) is 20.3 Å². The summed E-state index contributed by atoms with van der Waals surface area (Å²) >= 11 is 11.8. The van der Waals surface area contributed by atoms with Crippen LogP contribution in [-0.2, 0) is 19.1 Å². The number of rotatable bonds is 11. The van der Waals surface area contributed by atoms with E-state index in [0.29, 0.717) is 13.2 Å². The molecule has 0 aromatic heterocycles. The molecule has 0 radical (unpaired) electrons. The van der Waals surface area contributed by atoms with Gasteiger partial charge in [0.15, 0.2) is 5.75 Å². The minimum absolute atomic E-state index is 0.126. The Morgan fingerprint density at radius 2 is 1.88 bits per heavy atom. The lowest BCUT2D eigenvalue weighted by Gasteiger charge is -2.15. The van der Waals surface area contributed by atoms with Crippen molar-refractivity contribution in [2.45, 2.75) is 32.6 Å². The van der Waals surface area contributed by atoms with E-state index >= 15 is 0 Å². The van der Waals surface area contributed by atoms with Gasteiger partial charge in [-0.15, -0.1) is 0 Å². The van der Waals surface area contributed by atoms with Crippen LogP contribution in [0, 0.1) is 5.92 Å². The van der Waals surface area contributed by atoms with E-state index in [0.717, 1.165) is 37.8 Å². The van der Waals surface area contributed by atoms with Crippen molar-refractivity contribution in [2.24, 2.45) is 5.92 Å². The van der Waals surface area contributed by atoms with Gasteiger partial charge in [-0.05, 0) is 30.9 Å². The number of ether oxygens (including phenoxy) is 3. The second kappa shape index (κ2) is 12.7. The molecular formula is C19H24Cl2O5. The lowest BCUT2D eigenvalue weighted by Crippen LogP contribution is -2.15. The average molecular weight is 403 g/mol. The number of esters is 2. The zero-order chi connectivity index (χ0) is 19.4. The van der Waals surface area contributed by atoms with E-state index < -0.39 is 11.9 Å². The number of methoxy groups -OCH3 is 1. The van der Waals surface area contributed by atoms with Gasteiger partial charge in [0, 0.05) is 25.9 Å². The Kier molecular flexibility index (Phi) is 11.0. The molecule has 0 saturated carbocycles. The molecule has 0 fully saturated rings. The molecule has 26 heavy (non-hydrogen) atoms. The number of unbranched alkanes of at least 4 members (excludes halogenated alkanes) is 1. The predicted octanol–water partition coefficient (Wildman–Crippen LogP) is 4.84. The van der Waals surface area contributed by atoms with Crippen molar-refractivity contribution in [1.82, 2.24) is 0 Å². The molecule has 1 unspecified atom stereocenters. The van der Waals surface area contributed by atoms with Crippen LogP contribution >= 0.6 is 23.2 Å². The molecule has 0 saturated heterocycles. The van der Waals surface area contributed by atoms with Gasteiger partial charge in [0.1, 0.15) is 5.02 Å². The first kappa shape index (κ1) is 22.5. The van der Waals surface area contributed by atoms with E-state index in [1.165, 1.54) is 6.07 Å². The van der Waals surface area contributed by atoms with E-state index in [4.69, 9.17) is 37.4 Å². The molecule has 5 nitrogen and oxygen atoms in total. The van der Waals surface area contributed by atoms with Gasteiger partial charge >= 0.3 is 11.9 Å². The lowest BCUT2D eigenvalue weighted by atomic mass is 10.00. The Bertz CT molecular complexity index is 608. The highest BCUT2D eigenvalue weighted by Gasteiger charge is 2.12. The lowest BCUT2D eigenvalue weighted by molar-refractivity contribution is -0.140. The predicted molar refractivity (Wildman–Crippen MR) is 102 cm³/mol. The summed E-state index contributed by atoms with van der Waals surface area (Å²) in [6.07, 6.45) is 5.96. The zero-order valence-corrected chi connectivity index (χ0v) is 16.5. The molecule has 0 N–H and O–H groups in total. The second-order valence-corrected chi connectivity index (χ2v) is 6.51. The SMILES string of the molecule is CCCCC(CCOC)COC(=O)/C=C/C(=O)Oc1cccc(Cl)c1Cl. The highest BCUT2D eigenvalue weighted by atomic mass is 35.5. The van der Waals surface area contributed by atoms with E-state index in [9.17, 15) is 9.59 Å². The van der Waals surface area contributed by atoms with Crippen LogP contribution in [0.1, 0.15) is 32.6 Å². The summed E-state index contributed by atoms with van der Waals surface area (Å²) in [5.41, 5.74) is 0. The average Bonchev–Trinajstić information content (AvgIpc) is 2.63. The summed E-state index contributed by atoms with van der Waals surface area (Å²) in [5.74, 6) is -0.975. The van der Waals surface area contributed by atoms with Crippen LogP contribution in [0.5, 0.6) is 5.75 Å². The molecule has 0 heterocycles. The van der Waals surface area contributed by atoms with Crippen LogP contribution in [0.4, 0.5) is 0 Å². The topological polar surface area (TPSA) is 61.8 Å². The van der Waals surface area contributed by atoms with Gasteiger partial charge in [0.2, 0.25) is 0 Å². The van der Waals surface area contributed by atoms with Crippen LogP contribution in [0.15, 0.2) is 30.4 Å². The minimum atomic E-state index is -0.743. The third-order valence-corrected chi connectivity index (χ3v) is 4.44. The summed E-state index contributed by atoms with van der Waals surface area (Å²) in [6, 6.07) is 4.69.